The van der Waals surface area contributed by atoms with Crippen molar-refractivity contribution < 1.29 is 8.42 Å². The molecule has 1 unspecified atom stereocenters. The molecular weight excluding hydrogens is 307 g/mol. The maximum absolute atomic E-state index is 12.4. The molecule has 0 aliphatic carbocycles. The van der Waals surface area contributed by atoms with E-state index in [-0.39, 0.29) is 16.0 Å². The van der Waals surface area contributed by atoms with Gasteiger partial charge in [-0.05, 0) is 37.6 Å². The summed E-state index contributed by atoms with van der Waals surface area (Å²) in [5.74, 6) is 0. The zero-order chi connectivity index (χ0) is 14.0. The Labute approximate surface area is 123 Å². The normalized spacial score (nSPS) is 20.1. The molecule has 0 aromatic heterocycles. The highest BCUT2D eigenvalue weighted by Gasteiger charge is 2.25. The first kappa shape index (κ1) is 15.1. The SMILES string of the molecule is CN(CC1CCCN1)S(=O)(=O)c1ccc(Cl)c(Cl)c1. The van der Waals surface area contributed by atoms with Gasteiger partial charge in [-0.1, -0.05) is 23.2 Å². The summed E-state index contributed by atoms with van der Waals surface area (Å²) in [5.41, 5.74) is 0. The number of likely N-dealkylation sites (N-methyl/N-ethyl adjacent to an activating group) is 1. The van der Waals surface area contributed by atoms with E-state index < -0.39 is 10.0 Å². The summed E-state index contributed by atoms with van der Waals surface area (Å²) in [6, 6.07) is 4.58. The van der Waals surface area contributed by atoms with E-state index in [0.717, 1.165) is 19.4 Å². The molecule has 0 bridgehead atoms. The van der Waals surface area contributed by atoms with Crippen LogP contribution >= 0.6 is 23.2 Å². The lowest BCUT2D eigenvalue weighted by Gasteiger charge is -2.21. The second-order valence-corrected chi connectivity index (χ2v) is 7.51. The van der Waals surface area contributed by atoms with Gasteiger partial charge in [-0.15, -0.1) is 0 Å². The van der Waals surface area contributed by atoms with Crippen molar-refractivity contribution in [3.63, 3.8) is 0 Å². The van der Waals surface area contributed by atoms with Crippen molar-refractivity contribution in [1.29, 1.82) is 0 Å². The summed E-state index contributed by atoms with van der Waals surface area (Å²) in [5, 5.41) is 3.87. The zero-order valence-corrected chi connectivity index (χ0v) is 12.9. The average molecular weight is 323 g/mol. The van der Waals surface area contributed by atoms with Crippen molar-refractivity contribution in [3.8, 4) is 0 Å². The van der Waals surface area contributed by atoms with Crippen molar-refractivity contribution in [2.24, 2.45) is 0 Å². The first-order valence-corrected chi connectivity index (χ1v) is 8.25. The highest BCUT2D eigenvalue weighted by Crippen LogP contribution is 2.26. The van der Waals surface area contributed by atoms with Gasteiger partial charge >= 0.3 is 0 Å². The molecule has 7 heteroatoms. The third kappa shape index (κ3) is 3.41. The average Bonchev–Trinajstić information content (AvgIpc) is 2.85. The molecule has 19 heavy (non-hydrogen) atoms. The topological polar surface area (TPSA) is 49.4 Å². The standard InChI is InChI=1S/C12H16Cl2N2O2S/c1-16(8-9-3-2-6-15-9)19(17,18)10-4-5-11(13)12(14)7-10/h4-5,7,9,15H,2-3,6,8H2,1H3. The summed E-state index contributed by atoms with van der Waals surface area (Å²) in [6.45, 7) is 1.41. The highest BCUT2D eigenvalue weighted by molar-refractivity contribution is 7.89. The maximum atomic E-state index is 12.4. The first-order valence-electron chi connectivity index (χ1n) is 6.06. The first-order chi connectivity index (χ1) is 8.91. The molecule has 1 N–H and O–H groups in total. The van der Waals surface area contributed by atoms with Crippen molar-refractivity contribution in [1.82, 2.24) is 9.62 Å². The molecule has 4 nitrogen and oxygen atoms in total. The fourth-order valence-electron chi connectivity index (χ4n) is 2.14. The van der Waals surface area contributed by atoms with Gasteiger partial charge in [0.15, 0.2) is 0 Å². The van der Waals surface area contributed by atoms with Crippen LogP contribution in [0, 0.1) is 0 Å². The smallest absolute Gasteiger partial charge is 0.242 e. The lowest BCUT2D eigenvalue weighted by atomic mass is 10.2. The van der Waals surface area contributed by atoms with Gasteiger partial charge in [0.2, 0.25) is 10.0 Å². The Bertz CT molecular complexity index is 557. The number of hydrogen-bond acceptors (Lipinski definition) is 3. The van der Waals surface area contributed by atoms with Crippen molar-refractivity contribution in [2.75, 3.05) is 20.1 Å². The van der Waals surface area contributed by atoms with E-state index in [1.54, 1.807) is 7.05 Å². The highest BCUT2D eigenvalue weighted by atomic mass is 35.5. The van der Waals surface area contributed by atoms with E-state index in [2.05, 4.69) is 5.32 Å². The molecule has 0 radical (unpaired) electrons. The van der Waals surface area contributed by atoms with Gasteiger partial charge in [0.25, 0.3) is 0 Å². The summed E-state index contributed by atoms with van der Waals surface area (Å²) in [4.78, 5) is 0.169. The molecule has 1 atom stereocenters. The molecule has 106 valence electrons. The Kier molecular flexibility index (Phi) is 4.74. The monoisotopic (exact) mass is 322 g/mol. The van der Waals surface area contributed by atoms with Crippen LogP contribution in [0.5, 0.6) is 0 Å². The van der Waals surface area contributed by atoms with Gasteiger partial charge in [0, 0.05) is 19.6 Å². The van der Waals surface area contributed by atoms with Gasteiger partial charge in [-0.3, -0.25) is 0 Å². The van der Waals surface area contributed by atoms with E-state index in [4.69, 9.17) is 23.2 Å². The summed E-state index contributed by atoms with van der Waals surface area (Å²) in [6.07, 6.45) is 2.09. The molecule has 1 heterocycles. The molecule has 0 saturated carbocycles. The minimum absolute atomic E-state index is 0.169. The van der Waals surface area contributed by atoms with Crippen LogP contribution in [0.25, 0.3) is 0 Å². The third-order valence-electron chi connectivity index (χ3n) is 3.24. The molecule has 1 aromatic rings. The van der Waals surface area contributed by atoms with Gasteiger partial charge in [-0.2, -0.15) is 4.31 Å². The zero-order valence-electron chi connectivity index (χ0n) is 10.6. The van der Waals surface area contributed by atoms with Gasteiger partial charge in [0.05, 0.1) is 14.9 Å². The quantitative estimate of drug-likeness (QED) is 0.925. The van der Waals surface area contributed by atoms with Gasteiger partial charge in [0.1, 0.15) is 0 Å². The minimum atomic E-state index is -3.52. The fraction of sp³-hybridized carbons (Fsp3) is 0.500. The van der Waals surface area contributed by atoms with Crippen molar-refractivity contribution >= 4 is 33.2 Å². The number of halogens is 2. The number of benzene rings is 1. The predicted octanol–water partition coefficient (Wildman–Crippen LogP) is 2.37. The van der Waals surface area contributed by atoms with E-state index in [9.17, 15) is 8.42 Å². The lowest BCUT2D eigenvalue weighted by molar-refractivity contribution is 0.417. The number of nitrogens with one attached hydrogen (secondary N) is 1. The number of sulfonamides is 1. The maximum Gasteiger partial charge on any atom is 0.242 e. The Balaban J connectivity index is 2.18. The number of rotatable bonds is 4. The fourth-order valence-corrected chi connectivity index (χ4v) is 3.74. The third-order valence-corrected chi connectivity index (χ3v) is 5.80. The summed E-state index contributed by atoms with van der Waals surface area (Å²) in [7, 11) is -1.93. The molecule has 1 fully saturated rings. The molecular formula is C12H16Cl2N2O2S. The molecule has 1 aliphatic heterocycles. The Morgan fingerprint density at radius 2 is 2.11 bits per heavy atom. The Morgan fingerprint density at radius 1 is 1.37 bits per heavy atom. The van der Waals surface area contributed by atoms with Crippen LogP contribution in [-0.4, -0.2) is 38.9 Å². The second kappa shape index (κ2) is 5.97. The molecule has 0 spiro atoms. The largest absolute Gasteiger partial charge is 0.313 e. The van der Waals surface area contributed by atoms with E-state index in [0.29, 0.717) is 11.6 Å². The van der Waals surface area contributed by atoms with Crippen LogP contribution < -0.4 is 5.32 Å². The number of hydrogen-bond donors (Lipinski definition) is 1. The van der Waals surface area contributed by atoms with Crippen LogP contribution in [0.4, 0.5) is 0 Å². The van der Waals surface area contributed by atoms with Crippen LogP contribution in [0.3, 0.4) is 0 Å². The van der Waals surface area contributed by atoms with E-state index in [1.165, 1.54) is 22.5 Å². The Hall–Kier alpha value is -0.330. The van der Waals surface area contributed by atoms with Crippen LogP contribution in [0.15, 0.2) is 23.1 Å². The molecule has 1 aliphatic rings. The molecule has 1 aromatic carbocycles. The second-order valence-electron chi connectivity index (χ2n) is 4.65. The lowest BCUT2D eigenvalue weighted by Crippen LogP contribution is -2.38. The number of nitrogens with zero attached hydrogens (tertiary/aromatic N) is 1. The van der Waals surface area contributed by atoms with E-state index >= 15 is 0 Å². The molecule has 2 rings (SSSR count). The molecule has 0 amide bonds. The van der Waals surface area contributed by atoms with Gasteiger partial charge in [-0.25, -0.2) is 8.42 Å². The molecule has 1 saturated heterocycles. The summed E-state index contributed by atoms with van der Waals surface area (Å²) >= 11 is 11.7. The predicted molar refractivity (Wildman–Crippen MR) is 77.3 cm³/mol. The minimum Gasteiger partial charge on any atom is -0.313 e. The van der Waals surface area contributed by atoms with Crippen molar-refractivity contribution in [3.05, 3.63) is 28.2 Å². The Morgan fingerprint density at radius 3 is 2.68 bits per heavy atom. The van der Waals surface area contributed by atoms with Crippen LogP contribution in [0.2, 0.25) is 10.0 Å². The van der Waals surface area contributed by atoms with E-state index in [1.807, 2.05) is 0 Å². The van der Waals surface area contributed by atoms with Crippen molar-refractivity contribution in [2.45, 2.75) is 23.8 Å². The van der Waals surface area contributed by atoms with Gasteiger partial charge < -0.3 is 5.32 Å². The van der Waals surface area contributed by atoms with Crippen LogP contribution in [-0.2, 0) is 10.0 Å². The van der Waals surface area contributed by atoms with Crippen LogP contribution in [0.1, 0.15) is 12.8 Å². The summed E-state index contributed by atoms with van der Waals surface area (Å²) < 4.78 is 26.1.